The smallest absolute Gasteiger partial charge is 0.159 e. The zero-order valence-corrected chi connectivity index (χ0v) is 16.0. The molecule has 3 aromatic rings. The summed E-state index contributed by atoms with van der Waals surface area (Å²) in [7, 11) is 0. The molecule has 0 saturated carbocycles. The number of Topliss-reactive ketones (excluding diaryl/α,β-unsaturated/α-hetero) is 1. The van der Waals surface area contributed by atoms with Gasteiger partial charge in [-0.25, -0.2) is 0 Å². The van der Waals surface area contributed by atoms with Crippen LogP contribution in [-0.4, -0.2) is 35.0 Å². The van der Waals surface area contributed by atoms with Crippen molar-refractivity contribution in [3.63, 3.8) is 0 Å². The summed E-state index contributed by atoms with van der Waals surface area (Å²) in [5.41, 5.74) is 1.81. The molecule has 0 bridgehead atoms. The molecular formula is C23H25NO4. The second-order valence-corrected chi connectivity index (χ2v) is 6.78. The number of furan rings is 1. The fraction of sp³-hybridized carbons (Fsp3) is 0.261. The maximum absolute atomic E-state index is 11.3. The van der Waals surface area contributed by atoms with E-state index < -0.39 is 6.10 Å². The molecule has 0 aliphatic carbocycles. The Labute approximate surface area is 165 Å². The highest BCUT2D eigenvalue weighted by molar-refractivity contribution is 5.94. The number of ether oxygens (including phenoxy) is 1. The van der Waals surface area contributed by atoms with Gasteiger partial charge in [-0.3, -0.25) is 9.69 Å². The topological polar surface area (TPSA) is 62.9 Å². The van der Waals surface area contributed by atoms with Crippen LogP contribution in [0.1, 0.15) is 28.6 Å². The summed E-state index contributed by atoms with van der Waals surface area (Å²) in [5.74, 6) is 1.50. The molecule has 1 N–H and O–H groups in total. The molecule has 5 heteroatoms. The minimum atomic E-state index is -0.661. The van der Waals surface area contributed by atoms with Crippen LogP contribution in [0.5, 0.6) is 5.75 Å². The molecule has 0 fully saturated rings. The van der Waals surface area contributed by atoms with Gasteiger partial charge in [-0.15, -0.1) is 0 Å². The van der Waals surface area contributed by atoms with Crippen molar-refractivity contribution < 1.29 is 19.1 Å². The van der Waals surface area contributed by atoms with Crippen LogP contribution < -0.4 is 4.74 Å². The lowest BCUT2D eigenvalue weighted by Gasteiger charge is -2.24. The van der Waals surface area contributed by atoms with Gasteiger partial charge in [0.2, 0.25) is 0 Å². The number of rotatable bonds is 10. The predicted molar refractivity (Wildman–Crippen MR) is 107 cm³/mol. The quantitative estimate of drug-likeness (QED) is 0.541. The third kappa shape index (κ3) is 6.08. The summed E-state index contributed by atoms with van der Waals surface area (Å²) >= 11 is 0. The normalized spacial score (nSPS) is 12.1. The van der Waals surface area contributed by atoms with Crippen molar-refractivity contribution in [3.8, 4) is 5.75 Å². The van der Waals surface area contributed by atoms with Crippen LogP contribution in [0.15, 0.2) is 77.4 Å². The lowest BCUT2D eigenvalue weighted by atomic mass is 10.1. The van der Waals surface area contributed by atoms with Crippen molar-refractivity contribution in [3.05, 3.63) is 89.9 Å². The third-order valence-electron chi connectivity index (χ3n) is 4.38. The van der Waals surface area contributed by atoms with E-state index in [2.05, 4.69) is 17.0 Å². The lowest BCUT2D eigenvalue weighted by molar-refractivity contribution is 0.0604. The van der Waals surface area contributed by atoms with Crippen LogP contribution in [0.25, 0.3) is 0 Å². The van der Waals surface area contributed by atoms with Crippen molar-refractivity contribution >= 4 is 5.78 Å². The number of carbonyl (C=O) groups excluding carboxylic acids is 1. The first-order valence-electron chi connectivity index (χ1n) is 9.30. The van der Waals surface area contributed by atoms with Crippen molar-refractivity contribution in [1.82, 2.24) is 4.90 Å². The second kappa shape index (κ2) is 9.88. The molecule has 1 atom stereocenters. The SMILES string of the molecule is CC(=O)c1ccc(OCC(O)CN(Cc2ccccc2)Cc2ccco2)cc1. The van der Waals surface area contributed by atoms with Gasteiger partial charge in [0.1, 0.15) is 24.2 Å². The minimum absolute atomic E-state index is 0.0149. The molecule has 0 amide bonds. The first kappa shape index (κ1) is 19.9. The first-order valence-corrected chi connectivity index (χ1v) is 9.30. The lowest BCUT2D eigenvalue weighted by Crippen LogP contribution is -2.35. The first-order chi connectivity index (χ1) is 13.6. The largest absolute Gasteiger partial charge is 0.491 e. The van der Waals surface area contributed by atoms with Crippen molar-refractivity contribution in [2.24, 2.45) is 0 Å². The maximum Gasteiger partial charge on any atom is 0.159 e. The zero-order chi connectivity index (χ0) is 19.8. The maximum atomic E-state index is 11.3. The van der Waals surface area contributed by atoms with Crippen LogP contribution in [0.3, 0.4) is 0 Å². The fourth-order valence-electron chi connectivity index (χ4n) is 2.98. The summed E-state index contributed by atoms with van der Waals surface area (Å²) in [4.78, 5) is 13.5. The molecule has 3 rings (SSSR count). The van der Waals surface area contributed by atoms with E-state index in [0.717, 1.165) is 5.76 Å². The molecule has 1 aromatic heterocycles. The standard InChI is InChI=1S/C23H25NO4/c1-18(25)20-9-11-22(12-10-20)28-17-21(26)15-24(16-23-8-5-13-27-23)14-19-6-3-2-4-7-19/h2-13,21,26H,14-17H2,1H3. The summed E-state index contributed by atoms with van der Waals surface area (Å²) < 4.78 is 11.1. The van der Waals surface area contributed by atoms with E-state index in [0.29, 0.717) is 30.9 Å². The Morgan fingerprint density at radius 3 is 2.43 bits per heavy atom. The highest BCUT2D eigenvalue weighted by Gasteiger charge is 2.15. The van der Waals surface area contributed by atoms with E-state index in [-0.39, 0.29) is 12.4 Å². The molecular weight excluding hydrogens is 354 g/mol. The Balaban J connectivity index is 1.56. The molecule has 28 heavy (non-hydrogen) atoms. The summed E-state index contributed by atoms with van der Waals surface area (Å²) in [5, 5.41) is 10.5. The van der Waals surface area contributed by atoms with Gasteiger partial charge < -0.3 is 14.3 Å². The number of carbonyl (C=O) groups is 1. The van der Waals surface area contributed by atoms with Gasteiger partial charge >= 0.3 is 0 Å². The average molecular weight is 379 g/mol. The molecule has 146 valence electrons. The van der Waals surface area contributed by atoms with Crippen molar-refractivity contribution in [2.75, 3.05) is 13.2 Å². The molecule has 1 unspecified atom stereocenters. The van der Waals surface area contributed by atoms with E-state index in [4.69, 9.17) is 9.15 Å². The summed E-state index contributed by atoms with van der Waals surface area (Å²) in [6.07, 6.45) is 0.992. The fourth-order valence-corrected chi connectivity index (χ4v) is 2.98. The zero-order valence-electron chi connectivity index (χ0n) is 16.0. The van der Waals surface area contributed by atoms with Gasteiger partial charge in [0, 0.05) is 18.7 Å². The van der Waals surface area contributed by atoms with Gasteiger partial charge in [-0.2, -0.15) is 0 Å². The molecule has 0 saturated heterocycles. The Hall–Kier alpha value is -2.89. The monoisotopic (exact) mass is 379 g/mol. The van der Waals surface area contributed by atoms with Crippen molar-refractivity contribution in [2.45, 2.75) is 26.1 Å². The van der Waals surface area contributed by atoms with Crippen LogP contribution >= 0.6 is 0 Å². The van der Waals surface area contributed by atoms with E-state index >= 15 is 0 Å². The molecule has 1 heterocycles. The Bertz CT molecular complexity index is 844. The van der Waals surface area contributed by atoms with Gasteiger partial charge in [0.15, 0.2) is 5.78 Å². The Morgan fingerprint density at radius 1 is 1.04 bits per heavy atom. The van der Waals surface area contributed by atoms with Gasteiger partial charge in [0.25, 0.3) is 0 Å². The summed E-state index contributed by atoms with van der Waals surface area (Å²) in [6.45, 7) is 3.45. The van der Waals surface area contributed by atoms with Crippen LogP contribution in [0.4, 0.5) is 0 Å². The predicted octanol–water partition coefficient (Wildman–Crippen LogP) is 3.92. The summed E-state index contributed by atoms with van der Waals surface area (Å²) in [6, 6.07) is 20.9. The molecule has 0 spiro atoms. The van der Waals surface area contributed by atoms with E-state index in [1.807, 2.05) is 30.3 Å². The van der Waals surface area contributed by atoms with Crippen LogP contribution in [0, 0.1) is 0 Å². The Kier molecular flexibility index (Phi) is 7.00. The number of ketones is 1. The van der Waals surface area contributed by atoms with Crippen LogP contribution in [-0.2, 0) is 13.1 Å². The number of hydrogen-bond donors (Lipinski definition) is 1. The highest BCUT2D eigenvalue weighted by atomic mass is 16.5. The Morgan fingerprint density at radius 2 is 1.79 bits per heavy atom. The second-order valence-electron chi connectivity index (χ2n) is 6.78. The number of benzene rings is 2. The molecule has 0 radical (unpaired) electrons. The number of aliphatic hydroxyl groups excluding tert-OH is 1. The molecule has 0 aliphatic heterocycles. The van der Waals surface area contributed by atoms with Gasteiger partial charge in [-0.1, -0.05) is 30.3 Å². The third-order valence-corrected chi connectivity index (χ3v) is 4.38. The highest BCUT2D eigenvalue weighted by Crippen LogP contribution is 2.14. The van der Waals surface area contributed by atoms with Gasteiger partial charge in [-0.05, 0) is 48.9 Å². The number of aliphatic hydroxyl groups is 1. The van der Waals surface area contributed by atoms with E-state index in [1.54, 1.807) is 30.5 Å². The molecule has 0 aliphatic rings. The van der Waals surface area contributed by atoms with Crippen molar-refractivity contribution in [1.29, 1.82) is 0 Å². The van der Waals surface area contributed by atoms with E-state index in [9.17, 15) is 9.90 Å². The minimum Gasteiger partial charge on any atom is -0.491 e. The average Bonchev–Trinajstić information content (AvgIpc) is 3.20. The van der Waals surface area contributed by atoms with Crippen LogP contribution in [0.2, 0.25) is 0 Å². The molecule has 5 nitrogen and oxygen atoms in total. The van der Waals surface area contributed by atoms with E-state index in [1.165, 1.54) is 12.5 Å². The number of nitrogens with zero attached hydrogens (tertiary/aromatic N) is 1. The van der Waals surface area contributed by atoms with Gasteiger partial charge in [0.05, 0.1) is 12.8 Å². The molecule has 2 aromatic carbocycles. The number of hydrogen-bond acceptors (Lipinski definition) is 5.